The molecule has 0 atom stereocenters. The molecule has 2 aromatic rings. The number of phenols is 1. The highest BCUT2D eigenvalue weighted by Gasteiger charge is 2.05. The Morgan fingerprint density at radius 1 is 1.23 bits per heavy atom. The number of phenolic OH excluding ortho intramolecular Hbond substituents is 1. The normalized spacial score (nSPS) is 10.2. The Morgan fingerprint density at radius 2 is 2.08 bits per heavy atom. The Hall–Kier alpha value is -1.77. The van der Waals surface area contributed by atoms with Gasteiger partial charge in [0.25, 0.3) is 0 Å². The van der Waals surface area contributed by atoms with Crippen LogP contribution in [0.3, 0.4) is 0 Å². The molecule has 1 N–H and O–H groups in total. The highest BCUT2D eigenvalue weighted by molar-refractivity contribution is 5.68. The summed E-state index contributed by atoms with van der Waals surface area (Å²) >= 11 is 0. The summed E-state index contributed by atoms with van der Waals surface area (Å²) in [6, 6.07) is 5.45. The third kappa shape index (κ3) is 1.40. The van der Waals surface area contributed by atoms with Gasteiger partial charge in [0, 0.05) is 11.1 Å². The van der Waals surface area contributed by atoms with Gasteiger partial charge in [-0.2, -0.15) is 0 Å². The van der Waals surface area contributed by atoms with E-state index in [9.17, 15) is 9.50 Å². The molecule has 0 aliphatic rings. The maximum Gasteiger partial charge on any atom is 0.124 e. The molecule has 66 valence electrons. The molecule has 3 heteroatoms. The Balaban J connectivity index is 2.57. The summed E-state index contributed by atoms with van der Waals surface area (Å²) in [7, 11) is 0. The molecule has 0 aliphatic carbocycles. The van der Waals surface area contributed by atoms with E-state index in [-0.39, 0.29) is 11.6 Å². The molecule has 0 unspecified atom stereocenters. The lowest BCUT2D eigenvalue weighted by molar-refractivity contribution is 0.475. The summed E-state index contributed by atoms with van der Waals surface area (Å²) in [4.78, 5) is 0. The van der Waals surface area contributed by atoms with Gasteiger partial charge < -0.3 is 9.52 Å². The lowest BCUT2D eigenvalue weighted by Gasteiger charge is -2.00. The van der Waals surface area contributed by atoms with Crippen LogP contribution in [0.2, 0.25) is 0 Å². The molecule has 0 radical (unpaired) electrons. The van der Waals surface area contributed by atoms with Crippen LogP contribution in [0.5, 0.6) is 5.75 Å². The number of hydrogen-bond donors (Lipinski definition) is 1. The van der Waals surface area contributed by atoms with E-state index >= 15 is 0 Å². The van der Waals surface area contributed by atoms with Gasteiger partial charge in [-0.25, -0.2) is 4.39 Å². The van der Waals surface area contributed by atoms with Crippen LogP contribution < -0.4 is 0 Å². The molecule has 13 heavy (non-hydrogen) atoms. The third-order valence-electron chi connectivity index (χ3n) is 1.79. The van der Waals surface area contributed by atoms with Crippen LogP contribution in [0.25, 0.3) is 11.1 Å². The number of halogens is 1. The summed E-state index contributed by atoms with van der Waals surface area (Å²) in [5.41, 5.74) is 1.10. The van der Waals surface area contributed by atoms with Crippen molar-refractivity contribution in [2.24, 2.45) is 0 Å². The van der Waals surface area contributed by atoms with Gasteiger partial charge in [0.1, 0.15) is 11.6 Å². The Kier molecular flexibility index (Phi) is 1.77. The molecule has 0 fully saturated rings. The molecule has 2 nitrogen and oxygen atoms in total. The molecule has 1 aromatic carbocycles. The SMILES string of the molecule is Oc1ccc(F)cc1-c1ccoc1. The van der Waals surface area contributed by atoms with Crippen molar-refractivity contribution in [3.8, 4) is 16.9 Å². The second kappa shape index (κ2) is 2.94. The van der Waals surface area contributed by atoms with E-state index in [1.165, 1.54) is 30.7 Å². The topological polar surface area (TPSA) is 33.4 Å². The van der Waals surface area contributed by atoms with Gasteiger partial charge in [0.15, 0.2) is 0 Å². The number of benzene rings is 1. The van der Waals surface area contributed by atoms with Crippen LogP contribution in [0.15, 0.2) is 41.2 Å². The van der Waals surface area contributed by atoms with Crippen molar-refractivity contribution in [3.63, 3.8) is 0 Å². The number of aromatic hydroxyl groups is 1. The molecular formula is C10H7FO2. The Bertz CT molecular complexity index is 407. The zero-order valence-electron chi connectivity index (χ0n) is 6.70. The van der Waals surface area contributed by atoms with Crippen LogP contribution in [0.4, 0.5) is 4.39 Å². The van der Waals surface area contributed by atoms with Crippen molar-refractivity contribution in [1.82, 2.24) is 0 Å². The largest absolute Gasteiger partial charge is 0.507 e. The highest BCUT2D eigenvalue weighted by atomic mass is 19.1. The fourth-order valence-corrected chi connectivity index (χ4v) is 1.16. The van der Waals surface area contributed by atoms with E-state index < -0.39 is 0 Å². The summed E-state index contributed by atoms with van der Waals surface area (Å²) in [6.45, 7) is 0. The summed E-state index contributed by atoms with van der Waals surface area (Å²) < 4.78 is 17.6. The lowest BCUT2D eigenvalue weighted by atomic mass is 10.1. The van der Waals surface area contributed by atoms with E-state index in [2.05, 4.69) is 0 Å². The van der Waals surface area contributed by atoms with Crippen LogP contribution in [-0.2, 0) is 0 Å². The van der Waals surface area contributed by atoms with Crippen molar-refractivity contribution < 1.29 is 13.9 Å². The molecule has 2 rings (SSSR count). The minimum Gasteiger partial charge on any atom is -0.507 e. The van der Waals surface area contributed by atoms with Crippen LogP contribution in [0.1, 0.15) is 0 Å². The molecule has 0 saturated carbocycles. The fourth-order valence-electron chi connectivity index (χ4n) is 1.16. The molecule has 0 saturated heterocycles. The van der Waals surface area contributed by atoms with E-state index in [1.54, 1.807) is 6.07 Å². The molecule has 0 amide bonds. The minimum absolute atomic E-state index is 0.0443. The fraction of sp³-hybridized carbons (Fsp3) is 0. The van der Waals surface area contributed by atoms with Crippen molar-refractivity contribution in [2.75, 3.05) is 0 Å². The van der Waals surface area contributed by atoms with E-state index in [0.29, 0.717) is 11.1 Å². The number of furan rings is 1. The quantitative estimate of drug-likeness (QED) is 0.728. The van der Waals surface area contributed by atoms with Crippen molar-refractivity contribution in [1.29, 1.82) is 0 Å². The minimum atomic E-state index is -0.381. The summed E-state index contributed by atoms with van der Waals surface area (Å²) in [5.74, 6) is -0.336. The Labute approximate surface area is 74.2 Å². The maximum atomic E-state index is 12.8. The second-order valence-corrected chi connectivity index (χ2v) is 2.67. The van der Waals surface area contributed by atoms with Gasteiger partial charge in [-0.1, -0.05) is 0 Å². The average Bonchev–Trinajstić information content (AvgIpc) is 2.61. The predicted octanol–water partition coefficient (Wildman–Crippen LogP) is 2.79. The van der Waals surface area contributed by atoms with Gasteiger partial charge in [0.2, 0.25) is 0 Å². The first-order valence-corrected chi connectivity index (χ1v) is 3.78. The van der Waals surface area contributed by atoms with Gasteiger partial charge in [-0.3, -0.25) is 0 Å². The molecule has 1 aromatic heterocycles. The molecule has 1 heterocycles. The Morgan fingerprint density at radius 3 is 2.77 bits per heavy atom. The lowest BCUT2D eigenvalue weighted by Crippen LogP contribution is -1.78. The molecular weight excluding hydrogens is 171 g/mol. The van der Waals surface area contributed by atoms with E-state index in [1.807, 2.05) is 0 Å². The first kappa shape index (κ1) is 7.86. The van der Waals surface area contributed by atoms with Crippen LogP contribution in [-0.4, -0.2) is 5.11 Å². The van der Waals surface area contributed by atoms with Gasteiger partial charge >= 0.3 is 0 Å². The third-order valence-corrected chi connectivity index (χ3v) is 1.79. The van der Waals surface area contributed by atoms with Crippen molar-refractivity contribution in [3.05, 3.63) is 42.6 Å². The second-order valence-electron chi connectivity index (χ2n) is 2.67. The standard InChI is InChI=1S/C10H7FO2/c11-8-1-2-10(12)9(5-8)7-3-4-13-6-7/h1-6,12H. The number of hydrogen-bond acceptors (Lipinski definition) is 2. The van der Waals surface area contributed by atoms with Gasteiger partial charge in [0.05, 0.1) is 12.5 Å². The summed E-state index contributed by atoms with van der Waals surface area (Å²) in [5, 5.41) is 9.40. The molecule has 0 spiro atoms. The van der Waals surface area contributed by atoms with Crippen molar-refractivity contribution >= 4 is 0 Å². The smallest absolute Gasteiger partial charge is 0.124 e. The molecule has 0 bridgehead atoms. The first-order valence-electron chi connectivity index (χ1n) is 3.78. The van der Waals surface area contributed by atoms with E-state index in [4.69, 9.17) is 4.42 Å². The number of rotatable bonds is 1. The first-order chi connectivity index (χ1) is 6.27. The molecule has 0 aliphatic heterocycles. The summed E-state index contributed by atoms with van der Waals surface area (Å²) in [6.07, 6.45) is 2.92. The highest BCUT2D eigenvalue weighted by Crippen LogP contribution is 2.29. The zero-order chi connectivity index (χ0) is 9.26. The van der Waals surface area contributed by atoms with Gasteiger partial charge in [-0.15, -0.1) is 0 Å². The zero-order valence-corrected chi connectivity index (χ0v) is 6.70. The van der Waals surface area contributed by atoms with E-state index in [0.717, 1.165) is 0 Å². The van der Waals surface area contributed by atoms with Crippen LogP contribution >= 0.6 is 0 Å². The van der Waals surface area contributed by atoms with Crippen LogP contribution in [0, 0.1) is 5.82 Å². The van der Waals surface area contributed by atoms with Gasteiger partial charge in [-0.05, 0) is 24.3 Å². The monoisotopic (exact) mass is 178 g/mol. The maximum absolute atomic E-state index is 12.8. The van der Waals surface area contributed by atoms with Crippen molar-refractivity contribution in [2.45, 2.75) is 0 Å². The average molecular weight is 178 g/mol. The predicted molar refractivity (Wildman–Crippen MR) is 45.8 cm³/mol.